The van der Waals surface area contributed by atoms with Crippen LogP contribution in [0.4, 0.5) is 4.39 Å². The highest BCUT2D eigenvalue weighted by Gasteiger charge is 2.12. The molecule has 0 aliphatic heterocycles. The fourth-order valence-electron chi connectivity index (χ4n) is 1.51. The maximum Gasteiger partial charge on any atom is 0.325 e. The highest BCUT2D eigenvalue weighted by atomic mass is 19.1. The van der Waals surface area contributed by atoms with E-state index >= 15 is 0 Å². The number of benzene rings is 1. The average molecular weight is 313 g/mol. The summed E-state index contributed by atoms with van der Waals surface area (Å²) in [6.07, 6.45) is 1.69. The molecule has 1 aromatic rings. The Labute approximate surface area is 128 Å². The van der Waals surface area contributed by atoms with Crippen LogP contribution in [0.2, 0.25) is 0 Å². The van der Waals surface area contributed by atoms with Crippen molar-refractivity contribution in [2.75, 3.05) is 27.1 Å². The third kappa shape index (κ3) is 6.09. The zero-order chi connectivity index (χ0) is 16.4. The maximum atomic E-state index is 13.5. The molecule has 1 N–H and O–H groups in total. The molecule has 7 heteroatoms. The second-order valence-corrected chi connectivity index (χ2v) is 4.45. The van der Waals surface area contributed by atoms with Gasteiger partial charge in [0.05, 0.1) is 6.61 Å². The van der Waals surface area contributed by atoms with Crippen molar-refractivity contribution in [2.45, 2.75) is 19.8 Å². The smallest absolute Gasteiger partial charge is 0.325 e. The molecule has 0 spiro atoms. The van der Waals surface area contributed by atoms with E-state index in [0.29, 0.717) is 6.61 Å². The summed E-state index contributed by atoms with van der Waals surface area (Å²) in [6.45, 7) is 1.93. The number of esters is 1. The molecule has 0 aromatic heterocycles. The lowest BCUT2D eigenvalue weighted by Crippen LogP contribution is -2.30. The van der Waals surface area contributed by atoms with Crippen LogP contribution < -0.4 is 10.1 Å². The van der Waals surface area contributed by atoms with Crippen molar-refractivity contribution in [3.05, 3.63) is 29.6 Å². The zero-order valence-corrected chi connectivity index (χ0v) is 12.7. The molecule has 0 radical (unpaired) electrons. The molecule has 0 bridgehead atoms. The highest BCUT2D eigenvalue weighted by Crippen LogP contribution is 2.18. The van der Waals surface area contributed by atoms with Gasteiger partial charge in [-0.05, 0) is 24.6 Å². The highest BCUT2D eigenvalue weighted by molar-refractivity contribution is 5.96. The average Bonchev–Trinajstić information content (AvgIpc) is 2.52. The first-order valence-corrected chi connectivity index (χ1v) is 6.93. The Kier molecular flexibility index (Phi) is 7.91. The first-order chi connectivity index (χ1) is 10.6. The van der Waals surface area contributed by atoms with Crippen molar-refractivity contribution in [1.29, 1.82) is 0 Å². The quantitative estimate of drug-likeness (QED) is 0.428. The van der Waals surface area contributed by atoms with Crippen LogP contribution in [0.1, 0.15) is 30.1 Å². The van der Waals surface area contributed by atoms with E-state index in [2.05, 4.69) is 10.1 Å². The van der Waals surface area contributed by atoms with Crippen molar-refractivity contribution >= 4 is 11.9 Å². The number of halogens is 1. The van der Waals surface area contributed by atoms with Gasteiger partial charge in [-0.1, -0.05) is 13.3 Å². The third-order valence-electron chi connectivity index (χ3n) is 2.68. The first-order valence-electron chi connectivity index (χ1n) is 6.93. The normalized spacial score (nSPS) is 10.1. The number of rotatable bonds is 9. The lowest BCUT2D eigenvalue weighted by molar-refractivity contribution is -0.142. The number of nitrogens with one attached hydrogen (secondary N) is 1. The SMILES string of the molecule is CCCCOC(=O)CNC(=O)c1ccc(F)c(OCOC)c1. The molecule has 0 aliphatic carbocycles. The molecule has 0 saturated heterocycles. The Balaban J connectivity index is 2.53. The number of methoxy groups -OCH3 is 1. The Bertz CT molecular complexity index is 507. The van der Waals surface area contributed by atoms with Gasteiger partial charge in [0.1, 0.15) is 6.54 Å². The topological polar surface area (TPSA) is 73.9 Å². The lowest BCUT2D eigenvalue weighted by Gasteiger charge is -2.09. The van der Waals surface area contributed by atoms with Crippen LogP contribution in [0.25, 0.3) is 0 Å². The van der Waals surface area contributed by atoms with Gasteiger partial charge < -0.3 is 19.5 Å². The number of hydrogen-bond acceptors (Lipinski definition) is 5. The first kappa shape index (κ1) is 17.9. The Hall–Kier alpha value is -2.15. The second kappa shape index (κ2) is 9.73. The van der Waals surface area contributed by atoms with E-state index in [1.165, 1.54) is 19.2 Å². The summed E-state index contributed by atoms with van der Waals surface area (Å²) in [5.41, 5.74) is 0.175. The van der Waals surface area contributed by atoms with Crippen LogP contribution in [0.15, 0.2) is 18.2 Å². The van der Waals surface area contributed by atoms with E-state index in [1.54, 1.807) is 0 Å². The molecule has 0 heterocycles. The fourth-order valence-corrected chi connectivity index (χ4v) is 1.51. The molecular formula is C15H20FNO5. The minimum atomic E-state index is -0.604. The number of ether oxygens (including phenoxy) is 3. The van der Waals surface area contributed by atoms with E-state index in [4.69, 9.17) is 9.47 Å². The molecular weight excluding hydrogens is 293 g/mol. The van der Waals surface area contributed by atoms with Gasteiger partial charge in [-0.2, -0.15) is 0 Å². The van der Waals surface area contributed by atoms with Gasteiger partial charge in [0.2, 0.25) is 0 Å². The maximum absolute atomic E-state index is 13.5. The lowest BCUT2D eigenvalue weighted by atomic mass is 10.2. The summed E-state index contributed by atoms with van der Waals surface area (Å²) in [5, 5.41) is 2.41. The monoisotopic (exact) mass is 313 g/mol. The molecule has 1 amide bonds. The molecule has 0 aliphatic rings. The van der Waals surface area contributed by atoms with Crippen LogP contribution in [0.5, 0.6) is 5.75 Å². The predicted octanol–water partition coefficient (Wildman–Crippen LogP) is 1.88. The summed E-state index contributed by atoms with van der Waals surface area (Å²) >= 11 is 0. The van der Waals surface area contributed by atoms with Crippen LogP contribution in [0.3, 0.4) is 0 Å². The van der Waals surface area contributed by atoms with E-state index in [9.17, 15) is 14.0 Å². The molecule has 0 unspecified atom stereocenters. The minimum Gasteiger partial charge on any atom is -0.464 e. The molecule has 0 atom stereocenters. The second-order valence-electron chi connectivity index (χ2n) is 4.45. The van der Waals surface area contributed by atoms with Crippen LogP contribution in [0, 0.1) is 5.82 Å². The van der Waals surface area contributed by atoms with E-state index in [-0.39, 0.29) is 24.7 Å². The van der Waals surface area contributed by atoms with Gasteiger partial charge in [-0.25, -0.2) is 4.39 Å². The summed E-state index contributed by atoms with van der Waals surface area (Å²) in [5.74, 6) is -1.73. The summed E-state index contributed by atoms with van der Waals surface area (Å²) < 4.78 is 28.0. The van der Waals surface area contributed by atoms with Crippen LogP contribution >= 0.6 is 0 Å². The summed E-state index contributed by atoms with van der Waals surface area (Å²) in [4.78, 5) is 23.3. The van der Waals surface area contributed by atoms with Crippen molar-refractivity contribution < 1.29 is 28.2 Å². The van der Waals surface area contributed by atoms with Gasteiger partial charge in [-0.15, -0.1) is 0 Å². The van der Waals surface area contributed by atoms with Crippen LogP contribution in [-0.4, -0.2) is 38.9 Å². The molecule has 6 nitrogen and oxygen atoms in total. The van der Waals surface area contributed by atoms with Gasteiger partial charge in [-0.3, -0.25) is 9.59 Å². The fraction of sp³-hybridized carbons (Fsp3) is 0.467. The number of carbonyl (C=O) groups excluding carboxylic acids is 2. The Morgan fingerprint density at radius 1 is 1.32 bits per heavy atom. The largest absolute Gasteiger partial charge is 0.464 e. The number of unbranched alkanes of at least 4 members (excludes halogenated alkanes) is 1. The van der Waals surface area contributed by atoms with Crippen molar-refractivity contribution in [3.63, 3.8) is 0 Å². The molecule has 22 heavy (non-hydrogen) atoms. The Morgan fingerprint density at radius 3 is 2.77 bits per heavy atom. The van der Waals surface area contributed by atoms with Gasteiger partial charge in [0.15, 0.2) is 18.4 Å². The van der Waals surface area contributed by atoms with Crippen molar-refractivity contribution in [2.24, 2.45) is 0 Å². The predicted molar refractivity (Wildman–Crippen MR) is 77.1 cm³/mol. The van der Waals surface area contributed by atoms with Crippen molar-refractivity contribution in [3.8, 4) is 5.75 Å². The Morgan fingerprint density at radius 2 is 2.09 bits per heavy atom. The molecule has 1 rings (SSSR count). The zero-order valence-electron chi connectivity index (χ0n) is 12.7. The standard InChI is InChI=1S/C15H20FNO5/c1-3-4-7-21-14(18)9-17-15(19)11-5-6-12(16)13(8-11)22-10-20-2/h5-6,8H,3-4,7,9-10H2,1-2H3,(H,17,19). The molecule has 0 fully saturated rings. The molecule has 122 valence electrons. The van der Waals surface area contributed by atoms with Crippen molar-refractivity contribution in [1.82, 2.24) is 5.32 Å². The van der Waals surface area contributed by atoms with E-state index < -0.39 is 17.7 Å². The van der Waals surface area contributed by atoms with Gasteiger partial charge >= 0.3 is 5.97 Å². The number of hydrogen-bond donors (Lipinski definition) is 1. The van der Waals surface area contributed by atoms with Crippen LogP contribution in [-0.2, 0) is 14.3 Å². The van der Waals surface area contributed by atoms with E-state index in [1.807, 2.05) is 6.92 Å². The summed E-state index contributed by atoms with van der Waals surface area (Å²) in [6, 6.07) is 3.65. The minimum absolute atomic E-state index is 0.0972. The number of carbonyl (C=O) groups is 2. The summed E-state index contributed by atoms with van der Waals surface area (Å²) in [7, 11) is 1.40. The third-order valence-corrected chi connectivity index (χ3v) is 2.68. The molecule has 1 aromatic carbocycles. The van der Waals surface area contributed by atoms with E-state index in [0.717, 1.165) is 18.9 Å². The molecule has 0 saturated carbocycles. The number of amides is 1. The van der Waals surface area contributed by atoms with Gasteiger partial charge in [0.25, 0.3) is 5.91 Å². The van der Waals surface area contributed by atoms with Gasteiger partial charge in [0, 0.05) is 12.7 Å².